The molecule has 18 heavy (non-hydrogen) atoms. The Labute approximate surface area is 105 Å². The smallest absolute Gasteiger partial charge is 0.322 e. The van der Waals surface area contributed by atoms with Gasteiger partial charge in [0.2, 0.25) is 5.91 Å². The Hall–Kier alpha value is -1.63. The van der Waals surface area contributed by atoms with Crippen LogP contribution >= 0.6 is 0 Å². The molecule has 0 bridgehead atoms. The average molecular weight is 255 g/mol. The number of imide groups is 1. The van der Waals surface area contributed by atoms with Gasteiger partial charge in [0.15, 0.2) is 0 Å². The predicted molar refractivity (Wildman–Crippen MR) is 61.5 cm³/mol. The van der Waals surface area contributed by atoms with Gasteiger partial charge in [0, 0.05) is 19.6 Å². The summed E-state index contributed by atoms with van der Waals surface area (Å²) in [5.74, 6) is -0.382. The van der Waals surface area contributed by atoms with Crippen LogP contribution < -0.4 is 10.6 Å². The van der Waals surface area contributed by atoms with E-state index in [4.69, 9.17) is 5.11 Å². The molecule has 2 saturated heterocycles. The van der Waals surface area contributed by atoms with Gasteiger partial charge < -0.3 is 15.3 Å². The first-order valence-corrected chi connectivity index (χ1v) is 6.10. The maximum absolute atomic E-state index is 11.8. The largest absolute Gasteiger partial charge is 0.396 e. The molecule has 1 spiro atoms. The number of aliphatic hydroxyl groups excluding tert-OH is 1. The fourth-order valence-corrected chi connectivity index (χ4v) is 2.38. The molecule has 0 aliphatic carbocycles. The van der Waals surface area contributed by atoms with Gasteiger partial charge in [-0.2, -0.15) is 0 Å². The summed E-state index contributed by atoms with van der Waals surface area (Å²) < 4.78 is 0. The van der Waals surface area contributed by atoms with Crippen LogP contribution in [-0.2, 0) is 9.59 Å². The lowest BCUT2D eigenvalue weighted by Gasteiger charge is -2.21. The fourth-order valence-electron chi connectivity index (χ4n) is 2.38. The fraction of sp³-hybridized carbons (Fsp3) is 0.727. The molecule has 0 aromatic rings. The van der Waals surface area contributed by atoms with Gasteiger partial charge in [-0.3, -0.25) is 14.9 Å². The van der Waals surface area contributed by atoms with E-state index in [2.05, 4.69) is 10.6 Å². The first-order chi connectivity index (χ1) is 8.57. The third kappa shape index (κ3) is 2.31. The molecule has 2 heterocycles. The minimum absolute atomic E-state index is 0.0331. The van der Waals surface area contributed by atoms with Crippen LogP contribution in [-0.4, -0.2) is 53.1 Å². The number of amides is 4. The van der Waals surface area contributed by atoms with Gasteiger partial charge in [0.05, 0.1) is 6.54 Å². The SMILES string of the molecule is O=C1NC(=O)C2(CCN(C(=O)CCCCO)C2)N1. The Balaban J connectivity index is 1.90. The zero-order valence-electron chi connectivity index (χ0n) is 10.1. The van der Waals surface area contributed by atoms with Crippen molar-refractivity contribution in [3.8, 4) is 0 Å². The van der Waals surface area contributed by atoms with Crippen LogP contribution in [0.2, 0.25) is 0 Å². The van der Waals surface area contributed by atoms with Crippen molar-refractivity contribution in [3.63, 3.8) is 0 Å². The Bertz CT molecular complexity index is 384. The molecule has 1 unspecified atom stereocenters. The van der Waals surface area contributed by atoms with Crippen LogP contribution in [0.15, 0.2) is 0 Å². The van der Waals surface area contributed by atoms with E-state index in [-0.39, 0.29) is 25.0 Å². The Morgan fingerprint density at radius 1 is 1.39 bits per heavy atom. The third-order valence-corrected chi connectivity index (χ3v) is 3.44. The molecule has 0 aromatic carbocycles. The number of urea groups is 1. The molecule has 2 fully saturated rings. The minimum atomic E-state index is -0.927. The summed E-state index contributed by atoms with van der Waals surface area (Å²) in [7, 11) is 0. The highest BCUT2D eigenvalue weighted by Crippen LogP contribution is 2.25. The zero-order valence-corrected chi connectivity index (χ0v) is 10.1. The van der Waals surface area contributed by atoms with E-state index in [1.807, 2.05) is 0 Å². The minimum Gasteiger partial charge on any atom is -0.396 e. The summed E-state index contributed by atoms with van der Waals surface area (Å²) in [6.45, 7) is 0.796. The van der Waals surface area contributed by atoms with Gasteiger partial charge in [-0.25, -0.2) is 4.79 Å². The van der Waals surface area contributed by atoms with E-state index in [9.17, 15) is 14.4 Å². The van der Waals surface area contributed by atoms with Crippen molar-refractivity contribution in [2.45, 2.75) is 31.2 Å². The van der Waals surface area contributed by atoms with Crippen molar-refractivity contribution in [3.05, 3.63) is 0 Å². The van der Waals surface area contributed by atoms with Crippen molar-refractivity contribution in [2.75, 3.05) is 19.7 Å². The van der Waals surface area contributed by atoms with Gasteiger partial charge in [-0.1, -0.05) is 0 Å². The normalized spacial score (nSPS) is 26.6. The van der Waals surface area contributed by atoms with E-state index >= 15 is 0 Å². The summed E-state index contributed by atoms with van der Waals surface area (Å²) >= 11 is 0. The molecule has 1 atom stereocenters. The van der Waals surface area contributed by atoms with E-state index in [1.165, 1.54) is 0 Å². The van der Waals surface area contributed by atoms with Crippen molar-refractivity contribution in [1.82, 2.24) is 15.5 Å². The first-order valence-electron chi connectivity index (χ1n) is 6.10. The molecule has 3 N–H and O–H groups in total. The quantitative estimate of drug-likeness (QED) is 0.441. The van der Waals surface area contributed by atoms with Crippen molar-refractivity contribution in [2.24, 2.45) is 0 Å². The molecule has 2 rings (SSSR count). The van der Waals surface area contributed by atoms with Crippen LogP contribution in [0.3, 0.4) is 0 Å². The number of carbonyl (C=O) groups is 3. The summed E-state index contributed by atoms with van der Waals surface area (Å²) in [5, 5.41) is 13.4. The maximum atomic E-state index is 11.8. The molecule has 7 heteroatoms. The number of likely N-dealkylation sites (tertiary alicyclic amines) is 1. The number of carbonyl (C=O) groups excluding carboxylic acids is 3. The molecule has 2 aliphatic rings. The molecular formula is C11H17N3O4. The average Bonchev–Trinajstić information content (AvgIpc) is 2.85. The Morgan fingerprint density at radius 2 is 2.17 bits per heavy atom. The molecule has 2 aliphatic heterocycles. The second kappa shape index (κ2) is 4.93. The standard InChI is InChI=1S/C11H17N3O4/c15-6-2-1-3-8(16)14-5-4-11(7-14)9(17)12-10(18)13-11/h15H,1-7H2,(H2,12,13,17,18). The number of nitrogens with zero attached hydrogens (tertiary/aromatic N) is 1. The summed E-state index contributed by atoms with van der Waals surface area (Å²) in [6, 6.07) is -0.491. The number of hydrogen-bond acceptors (Lipinski definition) is 4. The topological polar surface area (TPSA) is 98.7 Å². The molecular weight excluding hydrogens is 238 g/mol. The zero-order chi connectivity index (χ0) is 13.2. The van der Waals surface area contributed by atoms with Crippen LogP contribution in [0.4, 0.5) is 4.79 Å². The Morgan fingerprint density at radius 3 is 2.78 bits per heavy atom. The molecule has 7 nitrogen and oxygen atoms in total. The highest BCUT2D eigenvalue weighted by atomic mass is 16.3. The van der Waals surface area contributed by atoms with Gasteiger partial charge in [0.1, 0.15) is 5.54 Å². The van der Waals surface area contributed by atoms with E-state index in [0.29, 0.717) is 32.2 Å². The van der Waals surface area contributed by atoms with E-state index < -0.39 is 11.6 Å². The van der Waals surface area contributed by atoms with Crippen LogP contribution in [0, 0.1) is 0 Å². The van der Waals surface area contributed by atoms with Gasteiger partial charge >= 0.3 is 6.03 Å². The van der Waals surface area contributed by atoms with Gasteiger partial charge in [-0.15, -0.1) is 0 Å². The van der Waals surface area contributed by atoms with E-state index in [0.717, 1.165) is 0 Å². The summed E-state index contributed by atoms with van der Waals surface area (Å²) in [5.41, 5.74) is -0.927. The number of nitrogens with one attached hydrogen (secondary N) is 2. The van der Waals surface area contributed by atoms with Crippen molar-refractivity contribution in [1.29, 1.82) is 0 Å². The van der Waals surface area contributed by atoms with E-state index in [1.54, 1.807) is 4.90 Å². The lowest BCUT2D eigenvalue weighted by Crippen LogP contribution is -2.49. The highest BCUT2D eigenvalue weighted by molar-refractivity contribution is 6.07. The number of rotatable bonds is 4. The number of aliphatic hydroxyl groups is 1. The van der Waals surface area contributed by atoms with Crippen LogP contribution in [0.1, 0.15) is 25.7 Å². The van der Waals surface area contributed by atoms with Gasteiger partial charge in [0.25, 0.3) is 5.91 Å². The molecule has 0 aromatic heterocycles. The summed E-state index contributed by atoms with van der Waals surface area (Å²) in [4.78, 5) is 36.2. The first kappa shape index (κ1) is 12.8. The monoisotopic (exact) mass is 255 g/mol. The lowest BCUT2D eigenvalue weighted by molar-refractivity contribution is -0.131. The molecule has 4 amide bonds. The highest BCUT2D eigenvalue weighted by Gasteiger charge is 2.51. The van der Waals surface area contributed by atoms with Crippen molar-refractivity contribution >= 4 is 17.8 Å². The lowest BCUT2D eigenvalue weighted by atomic mass is 9.99. The molecule has 100 valence electrons. The summed E-state index contributed by atoms with van der Waals surface area (Å²) in [6.07, 6.45) is 2.06. The molecule has 0 saturated carbocycles. The second-order valence-electron chi connectivity index (χ2n) is 4.74. The number of unbranched alkanes of at least 4 members (excludes halogenated alkanes) is 1. The van der Waals surface area contributed by atoms with Crippen molar-refractivity contribution < 1.29 is 19.5 Å². The third-order valence-electron chi connectivity index (χ3n) is 3.44. The van der Waals surface area contributed by atoms with Gasteiger partial charge in [-0.05, 0) is 19.3 Å². The second-order valence-corrected chi connectivity index (χ2v) is 4.74. The Kier molecular flexibility index (Phi) is 3.51. The maximum Gasteiger partial charge on any atom is 0.322 e. The van der Waals surface area contributed by atoms with Crippen LogP contribution in [0.25, 0.3) is 0 Å². The predicted octanol–water partition coefficient (Wildman–Crippen LogP) is -1.04. The number of hydrogen-bond donors (Lipinski definition) is 3. The van der Waals surface area contributed by atoms with Crippen LogP contribution in [0.5, 0.6) is 0 Å². The molecule has 0 radical (unpaired) electrons.